The Hall–Kier alpha value is -5.07. The molecular formula is C106H171N14P7. The van der Waals surface area contributed by atoms with Crippen molar-refractivity contribution in [2.45, 2.75) is 278 Å². The molecule has 6 heterocycles. The number of para-hydroxylation sites is 8. The van der Waals surface area contributed by atoms with E-state index in [1.807, 2.05) is 0 Å². The lowest BCUT2D eigenvalue weighted by Gasteiger charge is -2.35. The minimum atomic E-state index is 0.332. The quantitative estimate of drug-likeness (QED) is 0.0681. The fourth-order valence-electron chi connectivity index (χ4n) is 17.1. The average molecular weight is 1860 g/mol. The van der Waals surface area contributed by atoms with E-state index in [-0.39, 0.29) is 0 Å². The lowest BCUT2D eigenvalue weighted by Crippen LogP contribution is -2.34. The molecule has 21 heteroatoms. The molecular weight excluding hydrogens is 1690 g/mol. The number of hydrogen-bond donors (Lipinski definition) is 0. The van der Waals surface area contributed by atoms with Crippen molar-refractivity contribution < 1.29 is 0 Å². The minimum Gasteiger partial charge on any atom is -0.339 e. The number of likely N-dealkylation sites (N-methyl/N-ethyl adjacent to an activating group) is 2. The first kappa shape index (κ1) is 107. The Labute approximate surface area is 789 Å². The molecule has 8 aromatic carbocycles. The summed E-state index contributed by atoms with van der Waals surface area (Å²) in [5.41, 5.74) is 29.2. The molecule has 6 aliphatic rings. The largest absolute Gasteiger partial charge is 0.339 e. The van der Waals surface area contributed by atoms with Crippen molar-refractivity contribution in [3.63, 3.8) is 0 Å². The van der Waals surface area contributed by atoms with Gasteiger partial charge in [-0.05, 0) is 249 Å². The van der Waals surface area contributed by atoms with Crippen molar-refractivity contribution in [2.75, 3.05) is 144 Å². The molecule has 700 valence electrons. The van der Waals surface area contributed by atoms with Gasteiger partial charge in [-0.25, -0.2) is 0 Å². The third-order valence-corrected chi connectivity index (χ3v) is 35.1. The highest BCUT2D eigenvalue weighted by atomic mass is 31.1. The summed E-state index contributed by atoms with van der Waals surface area (Å²) in [6.07, 6.45) is 0. The highest BCUT2D eigenvalue weighted by Gasteiger charge is 2.36. The van der Waals surface area contributed by atoms with E-state index < -0.39 is 0 Å². The Morgan fingerprint density at radius 2 is 0.504 bits per heavy atom. The fourth-order valence-corrected chi connectivity index (χ4v) is 26.0. The molecule has 6 fully saturated rings. The molecule has 0 N–H and O–H groups in total. The molecule has 6 aliphatic heterocycles. The molecule has 0 aliphatic carbocycles. The average Bonchev–Trinajstić information content (AvgIpc) is 1.66. The van der Waals surface area contributed by atoms with Crippen LogP contribution < -0.4 is 37.4 Å². The number of rotatable bonds is 20. The number of benzene rings is 8. The topological polar surface area (TPSA) is 45.4 Å². The normalized spacial score (nSPS) is 16.3. The van der Waals surface area contributed by atoms with Crippen molar-refractivity contribution >= 4 is 108 Å². The molecule has 0 aromatic heterocycles. The van der Waals surface area contributed by atoms with Gasteiger partial charge in [-0.3, -0.25) is 28.0 Å². The smallest absolute Gasteiger partial charge is 0.0800 e. The van der Waals surface area contributed by atoms with Gasteiger partial charge in [-0.15, -0.1) is 0 Å². The van der Waals surface area contributed by atoms with Gasteiger partial charge in [0.05, 0.1) is 35.5 Å². The van der Waals surface area contributed by atoms with Gasteiger partial charge in [0.15, 0.2) is 0 Å². The zero-order chi connectivity index (χ0) is 93.6. The van der Waals surface area contributed by atoms with Crippen LogP contribution >= 0.6 is 62.2 Å². The Bertz CT molecular complexity index is 4200. The lowest BCUT2D eigenvalue weighted by molar-refractivity contribution is 0.271. The molecule has 0 bridgehead atoms. The van der Waals surface area contributed by atoms with Crippen LogP contribution in [0.2, 0.25) is 0 Å². The van der Waals surface area contributed by atoms with Crippen LogP contribution in [0, 0.1) is 27.7 Å². The van der Waals surface area contributed by atoms with Gasteiger partial charge in [0.25, 0.3) is 0 Å². The van der Waals surface area contributed by atoms with E-state index in [9.17, 15) is 0 Å². The lowest BCUT2D eigenvalue weighted by atomic mass is 9.92. The minimum absolute atomic E-state index is 0.332. The van der Waals surface area contributed by atoms with Crippen LogP contribution in [0.25, 0.3) is 0 Å². The maximum atomic E-state index is 2.66. The molecule has 8 aromatic rings. The van der Waals surface area contributed by atoms with Crippen LogP contribution in [0.3, 0.4) is 0 Å². The van der Waals surface area contributed by atoms with Gasteiger partial charge in [0.1, 0.15) is 0 Å². The van der Waals surface area contributed by atoms with E-state index in [4.69, 9.17) is 0 Å². The summed E-state index contributed by atoms with van der Waals surface area (Å²) < 4.78 is 35.1. The van der Waals surface area contributed by atoms with Crippen molar-refractivity contribution in [2.24, 2.45) is 0 Å². The summed E-state index contributed by atoms with van der Waals surface area (Å²) in [7, 11) is 14.2. The number of nitrogens with zero attached hydrogens (tertiary/aromatic N) is 14. The van der Waals surface area contributed by atoms with Crippen LogP contribution in [-0.2, 0) is 0 Å². The van der Waals surface area contributed by atoms with Crippen molar-refractivity contribution in [1.29, 1.82) is 0 Å². The van der Waals surface area contributed by atoms with E-state index >= 15 is 0 Å². The van der Waals surface area contributed by atoms with Gasteiger partial charge < -0.3 is 37.4 Å². The van der Waals surface area contributed by atoms with Gasteiger partial charge >= 0.3 is 0 Å². The molecule has 0 spiro atoms. The molecule has 0 saturated carbocycles. The van der Waals surface area contributed by atoms with Gasteiger partial charge in [-0.2, -0.15) is 0 Å². The molecule has 0 amide bonds. The second-order valence-electron chi connectivity index (χ2n) is 40.3. The molecule has 127 heavy (non-hydrogen) atoms. The van der Waals surface area contributed by atoms with E-state index in [0.717, 1.165) is 78.0 Å². The molecule has 0 atom stereocenters. The zero-order valence-electron chi connectivity index (χ0n) is 85.2. The standard InChI is InChI=1S/C26H39N2P.C26H41N2P.C18H23N2P.C14H15N2P.C10H23N2P.C8H19N2P.C4H11N2P/c1-17(2)21-11-9-12-22(18(3)4)25(21)27-15-16-28(29-27)26-23(19(5)6)13-10-14-24(26)20(7)8;1-17(2)21-13-11-14-22(18(3)4)25(21)27(9)29-28(10)26-23(19(5)6)15-12-16-24(26)20(7)8;1-13-7-5-8-14(2)17(13)19-11-12-20(21-19)18-15(3)9-6-10-16(18)4;1-3-7-13(8-4-1)15-11-12-16(17-15)14-9-5-2-6-10-14;1-9(2,3)11-7-8-12(13-11)10(4,5)6;1-7(2)9-5-6-10(11-9)8(3)4;1-5-3-4-6(2)7-5/h9-14,17-20,29H,15-16H2,1-8H3;11-20,29H,1-10H3;5-10,21H,11-12H2,1-4H3;1-10,17H,11-12H2;13H,7-8H2,1-6H3;7-8,11H,5-6H2,1-4H3;7H,3-4H2,1-2H3. The fraction of sp³-hybridized carbons (Fsp3) is 0.547. The Morgan fingerprint density at radius 3 is 0.732 bits per heavy atom. The summed E-state index contributed by atoms with van der Waals surface area (Å²) in [5, 5.41) is 0. The highest BCUT2D eigenvalue weighted by molar-refractivity contribution is 7.43. The van der Waals surface area contributed by atoms with Crippen molar-refractivity contribution in [1.82, 2.24) is 28.0 Å². The van der Waals surface area contributed by atoms with Gasteiger partial charge in [-0.1, -0.05) is 256 Å². The maximum Gasteiger partial charge on any atom is 0.0800 e. The second kappa shape index (κ2) is 50.3. The maximum absolute atomic E-state index is 2.66. The van der Waals surface area contributed by atoms with Crippen LogP contribution in [0.4, 0.5) is 45.5 Å². The predicted octanol–water partition coefficient (Wildman–Crippen LogP) is 29.6. The summed E-state index contributed by atoms with van der Waals surface area (Å²) in [6, 6.07) is 63.3. The summed E-state index contributed by atoms with van der Waals surface area (Å²) in [4.78, 5) is 0. The number of hydrogen-bond acceptors (Lipinski definition) is 14. The van der Waals surface area contributed by atoms with Crippen LogP contribution in [0.1, 0.15) is 294 Å². The second-order valence-corrected chi connectivity index (χ2v) is 50.1. The first-order valence-corrected chi connectivity index (χ1v) is 53.9. The highest BCUT2D eigenvalue weighted by Crippen LogP contribution is 2.52. The van der Waals surface area contributed by atoms with Crippen molar-refractivity contribution in [3.8, 4) is 0 Å². The first-order chi connectivity index (χ1) is 59.9. The van der Waals surface area contributed by atoms with E-state index in [2.05, 4.69) is 471 Å². The Balaban J connectivity index is 0.000000190. The number of anilines is 8. The molecule has 6 saturated heterocycles. The van der Waals surface area contributed by atoms with E-state index in [0.29, 0.717) is 93.9 Å². The predicted molar refractivity (Wildman–Crippen MR) is 584 cm³/mol. The van der Waals surface area contributed by atoms with Crippen LogP contribution in [0.15, 0.2) is 170 Å². The summed E-state index contributed by atoms with van der Waals surface area (Å²) in [5.74, 6) is 4.19. The third-order valence-electron chi connectivity index (χ3n) is 24.4. The molecule has 14 rings (SSSR count). The van der Waals surface area contributed by atoms with Gasteiger partial charge in [0.2, 0.25) is 0 Å². The third kappa shape index (κ3) is 30.5. The summed E-state index contributed by atoms with van der Waals surface area (Å²) in [6.45, 7) is 82.8. The molecule has 0 radical (unpaired) electrons. The first-order valence-electron chi connectivity index (χ1n) is 47.6. The Kier molecular flexibility index (Phi) is 42.5. The van der Waals surface area contributed by atoms with E-state index in [1.54, 1.807) is 0 Å². The van der Waals surface area contributed by atoms with Gasteiger partial charge in [0, 0.05) is 188 Å². The molecule has 14 nitrogen and oxygen atoms in total. The SMILES string of the molecule is CC(C)(C)N1CCN(C(C)(C)C)P1.CC(C)N1CCN(C(C)C)P1.CC(C)c1cccc(C(C)C)c1N(C)PN(C)c1c(C(C)C)cccc1C(C)C.CC(C)c1cccc(C(C)C)c1N1CCN(c2c(C(C)C)cccc2C(C)C)P1.CN1CCN(C)P1.Cc1cccc(C)c1N1CCN(c2c(C)cccc2C)P1.c1ccc(N2CCN(c3ccccc3)P2)cc1. The monoisotopic (exact) mass is 1860 g/mol. The summed E-state index contributed by atoms with van der Waals surface area (Å²) >= 11 is 0. The Morgan fingerprint density at radius 1 is 0.260 bits per heavy atom. The molecule has 0 unspecified atom stereocenters. The zero-order valence-corrected chi connectivity index (χ0v) is 92.2. The van der Waals surface area contributed by atoms with E-state index in [1.165, 1.54) is 152 Å². The van der Waals surface area contributed by atoms with Crippen LogP contribution in [-0.4, -0.2) is 158 Å². The number of aryl methyl sites for hydroxylation is 4. The van der Waals surface area contributed by atoms with Crippen molar-refractivity contribution in [3.05, 3.63) is 237 Å². The van der Waals surface area contributed by atoms with Crippen LogP contribution in [0.5, 0.6) is 0 Å².